The van der Waals surface area contributed by atoms with Crippen LogP contribution in [0.25, 0.3) is 0 Å². The third kappa shape index (κ3) is 3.01. The van der Waals surface area contributed by atoms with E-state index in [1.807, 2.05) is 13.0 Å². The molecule has 1 aromatic rings. The normalized spacial score (nSPS) is 15.2. The van der Waals surface area contributed by atoms with E-state index in [0.29, 0.717) is 6.42 Å². The number of nitrogens with zero attached hydrogens (tertiary/aromatic N) is 1. The molecule has 3 N–H and O–H groups in total. The molecule has 0 radical (unpaired) electrons. The van der Waals surface area contributed by atoms with E-state index in [4.69, 9.17) is 5.73 Å². The second-order valence-corrected chi connectivity index (χ2v) is 5.11. The third-order valence-corrected chi connectivity index (χ3v) is 3.31. The van der Waals surface area contributed by atoms with Crippen LogP contribution in [-0.4, -0.2) is 25.5 Å². The van der Waals surface area contributed by atoms with Crippen molar-refractivity contribution in [2.45, 2.75) is 32.2 Å². The molecule has 0 saturated carbocycles. The van der Waals surface area contributed by atoms with Gasteiger partial charge < -0.3 is 16.0 Å². The first-order valence-corrected chi connectivity index (χ1v) is 6.46. The van der Waals surface area contributed by atoms with Crippen LogP contribution >= 0.6 is 0 Å². The Morgan fingerprint density at radius 3 is 3.00 bits per heavy atom. The van der Waals surface area contributed by atoms with Gasteiger partial charge in [0.15, 0.2) is 0 Å². The Kier molecular flexibility index (Phi) is 3.87. The van der Waals surface area contributed by atoms with Crippen LogP contribution in [0.3, 0.4) is 0 Å². The zero-order chi connectivity index (χ0) is 13.1. The number of hydrogen-bond donors (Lipinski definition) is 2. The number of hydrogen-bond acceptors (Lipinski definition) is 3. The lowest BCUT2D eigenvalue weighted by molar-refractivity contribution is -0.115. The van der Waals surface area contributed by atoms with Crippen molar-refractivity contribution < 1.29 is 4.79 Å². The second kappa shape index (κ2) is 5.40. The monoisotopic (exact) mass is 247 g/mol. The minimum Gasteiger partial charge on any atom is -0.375 e. The Morgan fingerprint density at radius 2 is 2.28 bits per heavy atom. The first kappa shape index (κ1) is 12.9. The van der Waals surface area contributed by atoms with Crippen LogP contribution in [0.15, 0.2) is 18.2 Å². The van der Waals surface area contributed by atoms with Crippen LogP contribution in [0.1, 0.15) is 25.3 Å². The average Bonchev–Trinajstić information content (AvgIpc) is 2.67. The summed E-state index contributed by atoms with van der Waals surface area (Å²) in [5.41, 5.74) is 8.95. The van der Waals surface area contributed by atoms with Crippen LogP contribution in [0.5, 0.6) is 0 Å². The van der Waals surface area contributed by atoms with Gasteiger partial charge in [-0.2, -0.15) is 0 Å². The van der Waals surface area contributed by atoms with Gasteiger partial charge in [0.05, 0.1) is 6.42 Å². The molecule has 0 fully saturated rings. The molecule has 0 saturated heterocycles. The molecule has 1 heterocycles. The van der Waals surface area contributed by atoms with E-state index in [-0.39, 0.29) is 11.9 Å². The highest BCUT2D eigenvalue weighted by molar-refractivity contribution is 5.99. The molecule has 0 bridgehead atoms. The molecule has 1 aliphatic heterocycles. The van der Waals surface area contributed by atoms with Gasteiger partial charge in [-0.1, -0.05) is 0 Å². The van der Waals surface area contributed by atoms with Crippen LogP contribution in [0.4, 0.5) is 11.4 Å². The molecular weight excluding hydrogens is 226 g/mol. The fraction of sp³-hybridized carbons (Fsp3) is 0.500. The Morgan fingerprint density at radius 1 is 1.50 bits per heavy atom. The minimum atomic E-state index is 0.0850. The van der Waals surface area contributed by atoms with E-state index in [9.17, 15) is 4.79 Å². The molecule has 1 atom stereocenters. The first-order chi connectivity index (χ1) is 8.56. The molecule has 1 amide bonds. The Labute approximate surface area is 108 Å². The largest absolute Gasteiger partial charge is 0.375 e. The van der Waals surface area contributed by atoms with Crippen molar-refractivity contribution >= 4 is 17.3 Å². The standard InChI is InChI=1S/C14H21N3O/c1-10(15)4-3-7-17(2)12-5-6-13-11(8-12)9-14(18)16-13/h5-6,8,10H,3-4,7,9,15H2,1-2H3,(H,16,18). The molecule has 98 valence electrons. The maximum absolute atomic E-state index is 11.3. The molecule has 0 aromatic heterocycles. The van der Waals surface area contributed by atoms with Gasteiger partial charge in [0.1, 0.15) is 0 Å². The van der Waals surface area contributed by atoms with Gasteiger partial charge in [-0.05, 0) is 43.5 Å². The smallest absolute Gasteiger partial charge is 0.228 e. The topological polar surface area (TPSA) is 58.4 Å². The molecule has 1 aromatic carbocycles. The fourth-order valence-corrected chi connectivity index (χ4v) is 2.23. The summed E-state index contributed by atoms with van der Waals surface area (Å²) in [5.74, 6) is 0.0850. The number of fused-ring (bicyclic) bond motifs is 1. The summed E-state index contributed by atoms with van der Waals surface area (Å²) in [4.78, 5) is 13.5. The Hall–Kier alpha value is -1.55. The van der Waals surface area contributed by atoms with E-state index in [1.54, 1.807) is 0 Å². The van der Waals surface area contributed by atoms with E-state index in [2.05, 4.69) is 29.4 Å². The summed E-state index contributed by atoms with van der Waals surface area (Å²) in [6.07, 6.45) is 2.62. The Balaban J connectivity index is 1.97. The molecule has 4 heteroatoms. The highest BCUT2D eigenvalue weighted by Gasteiger charge is 2.18. The highest BCUT2D eigenvalue weighted by atomic mass is 16.1. The van der Waals surface area contributed by atoms with Gasteiger partial charge in [-0.25, -0.2) is 0 Å². The molecule has 4 nitrogen and oxygen atoms in total. The van der Waals surface area contributed by atoms with Crippen molar-refractivity contribution in [2.24, 2.45) is 5.73 Å². The van der Waals surface area contributed by atoms with E-state index >= 15 is 0 Å². The number of nitrogens with two attached hydrogens (primary N) is 1. The number of rotatable bonds is 5. The van der Waals surface area contributed by atoms with Crippen molar-refractivity contribution in [3.8, 4) is 0 Å². The summed E-state index contributed by atoms with van der Waals surface area (Å²) in [5, 5.41) is 2.85. The number of benzene rings is 1. The molecule has 2 rings (SSSR count). The van der Waals surface area contributed by atoms with Gasteiger partial charge in [0, 0.05) is 31.0 Å². The third-order valence-electron chi connectivity index (χ3n) is 3.31. The molecule has 18 heavy (non-hydrogen) atoms. The number of amides is 1. The van der Waals surface area contributed by atoms with Gasteiger partial charge in [0.25, 0.3) is 0 Å². The predicted molar refractivity (Wildman–Crippen MR) is 74.9 cm³/mol. The number of carbonyl (C=O) groups excluding carboxylic acids is 1. The summed E-state index contributed by atoms with van der Waals surface area (Å²) >= 11 is 0. The number of carbonyl (C=O) groups is 1. The summed E-state index contributed by atoms with van der Waals surface area (Å²) in [6.45, 7) is 3.02. The second-order valence-electron chi connectivity index (χ2n) is 5.11. The van der Waals surface area contributed by atoms with Gasteiger partial charge in [-0.3, -0.25) is 4.79 Å². The lowest BCUT2D eigenvalue weighted by atomic mass is 10.1. The number of nitrogens with one attached hydrogen (secondary N) is 1. The quantitative estimate of drug-likeness (QED) is 0.833. The van der Waals surface area contributed by atoms with Crippen molar-refractivity contribution in [1.29, 1.82) is 0 Å². The van der Waals surface area contributed by atoms with Crippen LogP contribution in [0, 0.1) is 0 Å². The maximum Gasteiger partial charge on any atom is 0.228 e. The van der Waals surface area contributed by atoms with E-state index in [0.717, 1.165) is 36.3 Å². The minimum absolute atomic E-state index is 0.0850. The zero-order valence-electron chi connectivity index (χ0n) is 11.1. The van der Waals surface area contributed by atoms with Crippen molar-refractivity contribution in [1.82, 2.24) is 0 Å². The molecular formula is C14H21N3O. The number of anilines is 2. The lowest BCUT2D eigenvalue weighted by Crippen LogP contribution is -2.22. The van der Waals surface area contributed by atoms with E-state index in [1.165, 1.54) is 0 Å². The zero-order valence-corrected chi connectivity index (χ0v) is 11.1. The predicted octanol–water partition coefficient (Wildman–Crippen LogP) is 1.74. The Bertz CT molecular complexity index is 443. The van der Waals surface area contributed by atoms with Crippen molar-refractivity contribution in [3.05, 3.63) is 23.8 Å². The summed E-state index contributed by atoms with van der Waals surface area (Å²) in [7, 11) is 2.08. The molecule has 1 aliphatic rings. The van der Waals surface area contributed by atoms with Crippen molar-refractivity contribution in [3.63, 3.8) is 0 Å². The molecule has 1 unspecified atom stereocenters. The maximum atomic E-state index is 11.3. The van der Waals surface area contributed by atoms with Crippen LogP contribution in [0.2, 0.25) is 0 Å². The SMILES string of the molecule is CC(N)CCCN(C)c1ccc2c(c1)CC(=O)N2. The lowest BCUT2D eigenvalue weighted by Gasteiger charge is -2.20. The highest BCUT2D eigenvalue weighted by Crippen LogP contribution is 2.27. The molecule has 0 spiro atoms. The van der Waals surface area contributed by atoms with Crippen molar-refractivity contribution in [2.75, 3.05) is 23.8 Å². The van der Waals surface area contributed by atoms with Crippen LogP contribution < -0.4 is 16.0 Å². The van der Waals surface area contributed by atoms with Gasteiger partial charge in [0.2, 0.25) is 5.91 Å². The summed E-state index contributed by atoms with van der Waals surface area (Å²) in [6, 6.07) is 6.40. The van der Waals surface area contributed by atoms with Gasteiger partial charge >= 0.3 is 0 Å². The van der Waals surface area contributed by atoms with Gasteiger partial charge in [-0.15, -0.1) is 0 Å². The van der Waals surface area contributed by atoms with E-state index < -0.39 is 0 Å². The first-order valence-electron chi connectivity index (χ1n) is 6.46. The van der Waals surface area contributed by atoms with Crippen LogP contribution in [-0.2, 0) is 11.2 Å². The average molecular weight is 247 g/mol. The molecule has 0 aliphatic carbocycles. The fourth-order valence-electron chi connectivity index (χ4n) is 2.23. The summed E-state index contributed by atoms with van der Waals surface area (Å²) < 4.78 is 0.